The molecule has 5 rings (SSSR count). The van der Waals surface area contributed by atoms with E-state index in [1.165, 1.54) is 17.7 Å². The molecule has 3 aromatic rings. The van der Waals surface area contributed by atoms with Crippen molar-refractivity contribution in [2.75, 3.05) is 26.2 Å². The predicted molar refractivity (Wildman–Crippen MR) is 125 cm³/mol. The van der Waals surface area contributed by atoms with Gasteiger partial charge in [0, 0.05) is 49.0 Å². The van der Waals surface area contributed by atoms with Crippen LogP contribution < -0.4 is 0 Å². The molecule has 2 aromatic carbocycles. The van der Waals surface area contributed by atoms with Crippen LogP contribution in [0.2, 0.25) is 0 Å². The summed E-state index contributed by atoms with van der Waals surface area (Å²) in [4.78, 5) is 21.6. The van der Waals surface area contributed by atoms with Gasteiger partial charge in [-0.15, -0.1) is 0 Å². The fourth-order valence-electron chi connectivity index (χ4n) is 5.36. The van der Waals surface area contributed by atoms with Crippen LogP contribution in [-0.2, 0) is 0 Å². The Hall–Kier alpha value is -3.09. The highest BCUT2D eigenvalue weighted by Crippen LogP contribution is 2.42. The molecule has 1 aromatic heterocycles. The van der Waals surface area contributed by atoms with E-state index >= 15 is 0 Å². The summed E-state index contributed by atoms with van der Waals surface area (Å²) in [6.45, 7) is 2.24. The number of aromatic nitrogens is 1. The third-order valence-corrected chi connectivity index (χ3v) is 7.02. The first kappa shape index (κ1) is 21.7. The highest BCUT2D eigenvalue weighted by atomic mass is 19.1. The van der Waals surface area contributed by atoms with Crippen molar-refractivity contribution in [3.8, 4) is 11.1 Å². The lowest BCUT2D eigenvalue weighted by Gasteiger charge is -2.57. The van der Waals surface area contributed by atoms with Crippen LogP contribution in [-0.4, -0.2) is 64.1 Å². The molecule has 1 N–H and O–H groups in total. The molecule has 2 aliphatic heterocycles. The molecule has 0 unspecified atom stereocenters. The standard InChI is InChI=1S/C27H28FN3O2/c28-23-7-3-5-21(15-23)27(33)30-13-1-2-14-31-24(17-30)26(25(31)18-32)20-10-8-19(9-11-20)22-6-4-12-29-16-22/h3-12,15-16,24-26,32H,1-2,13-14,17-18H2/t24-,25+,26-/m0/s1. The Bertz CT molecular complexity index is 1110. The molecule has 3 heterocycles. The van der Waals surface area contributed by atoms with Crippen molar-refractivity contribution in [2.24, 2.45) is 0 Å². The van der Waals surface area contributed by atoms with E-state index in [2.05, 4.69) is 34.1 Å². The zero-order chi connectivity index (χ0) is 22.8. The molecule has 5 nitrogen and oxygen atoms in total. The number of amides is 1. The SMILES string of the molecule is O=C(c1cccc(F)c1)N1CCCCN2[C@H](CO)[C@@H](c3ccc(-c4cccnc4)cc3)[C@@H]2C1. The van der Waals surface area contributed by atoms with Crippen molar-refractivity contribution in [2.45, 2.75) is 30.8 Å². The number of carbonyl (C=O) groups is 1. The minimum absolute atomic E-state index is 0.0449. The first-order chi connectivity index (χ1) is 16.2. The van der Waals surface area contributed by atoms with Gasteiger partial charge in [-0.2, -0.15) is 0 Å². The van der Waals surface area contributed by atoms with E-state index in [0.717, 1.165) is 30.5 Å². The Morgan fingerprint density at radius 2 is 1.85 bits per heavy atom. The van der Waals surface area contributed by atoms with Gasteiger partial charge in [0.05, 0.1) is 6.61 Å². The van der Waals surface area contributed by atoms with Crippen molar-refractivity contribution in [1.82, 2.24) is 14.8 Å². The van der Waals surface area contributed by atoms with E-state index in [0.29, 0.717) is 18.7 Å². The first-order valence-electron chi connectivity index (χ1n) is 11.6. The normalized spacial score (nSPS) is 23.2. The van der Waals surface area contributed by atoms with E-state index in [-0.39, 0.29) is 30.5 Å². The van der Waals surface area contributed by atoms with Crippen molar-refractivity contribution in [3.63, 3.8) is 0 Å². The predicted octanol–water partition coefficient (Wildman–Crippen LogP) is 3.95. The second-order valence-corrected chi connectivity index (χ2v) is 8.91. The summed E-state index contributed by atoms with van der Waals surface area (Å²) in [6.07, 6.45) is 5.47. The third kappa shape index (κ3) is 4.28. The van der Waals surface area contributed by atoms with Crippen LogP contribution >= 0.6 is 0 Å². The molecule has 33 heavy (non-hydrogen) atoms. The molecule has 2 fully saturated rings. The molecular formula is C27H28FN3O2. The van der Waals surface area contributed by atoms with Crippen LogP contribution in [0.4, 0.5) is 4.39 Å². The summed E-state index contributed by atoms with van der Waals surface area (Å²) >= 11 is 0. The largest absolute Gasteiger partial charge is 0.395 e. The summed E-state index contributed by atoms with van der Waals surface area (Å²) in [5.41, 5.74) is 3.72. The minimum atomic E-state index is -0.398. The van der Waals surface area contributed by atoms with E-state index in [1.807, 2.05) is 23.2 Å². The van der Waals surface area contributed by atoms with E-state index < -0.39 is 5.82 Å². The lowest BCUT2D eigenvalue weighted by Crippen LogP contribution is -2.67. The maximum absolute atomic E-state index is 13.7. The molecule has 0 saturated carbocycles. The summed E-state index contributed by atoms with van der Waals surface area (Å²) in [7, 11) is 0. The number of fused-ring (bicyclic) bond motifs is 1. The van der Waals surface area contributed by atoms with Gasteiger partial charge in [0.1, 0.15) is 5.82 Å². The molecule has 0 bridgehead atoms. The summed E-state index contributed by atoms with van der Waals surface area (Å²) in [5.74, 6) is -0.390. The molecule has 3 atom stereocenters. The lowest BCUT2D eigenvalue weighted by atomic mass is 9.74. The number of aliphatic hydroxyl groups excluding tert-OH is 1. The average Bonchev–Trinajstić information content (AvgIpc) is 2.83. The van der Waals surface area contributed by atoms with Gasteiger partial charge in [-0.3, -0.25) is 14.7 Å². The van der Waals surface area contributed by atoms with Gasteiger partial charge in [0.25, 0.3) is 5.91 Å². The molecule has 2 saturated heterocycles. The number of carbonyl (C=O) groups excluding carboxylic acids is 1. The number of hydrogen-bond acceptors (Lipinski definition) is 4. The zero-order valence-electron chi connectivity index (χ0n) is 18.5. The van der Waals surface area contributed by atoms with Crippen LogP contribution in [0, 0.1) is 5.82 Å². The topological polar surface area (TPSA) is 56.7 Å². The van der Waals surface area contributed by atoms with Crippen LogP contribution in [0.15, 0.2) is 73.1 Å². The zero-order valence-corrected chi connectivity index (χ0v) is 18.5. The number of nitrogens with zero attached hydrogens (tertiary/aromatic N) is 3. The highest BCUT2D eigenvalue weighted by molar-refractivity contribution is 5.94. The van der Waals surface area contributed by atoms with E-state index in [9.17, 15) is 14.3 Å². The maximum Gasteiger partial charge on any atom is 0.254 e. The fraction of sp³-hybridized carbons (Fsp3) is 0.333. The Labute approximate surface area is 193 Å². The van der Waals surface area contributed by atoms with E-state index in [1.54, 1.807) is 18.3 Å². The molecule has 2 aliphatic rings. The van der Waals surface area contributed by atoms with Gasteiger partial charge in [0.2, 0.25) is 0 Å². The molecular weight excluding hydrogens is 417 g/mol. The molecule has 0 spiro atoms. The molecule has 0 radical (unpaired) electrons. The van der Waals surface area contributed by atoms with Crippen molar-refractivity contribution >= 4 is 5.91 Å². The number of pyridine rings is 1. The van der Waals surface area contributed by atoms with Crippen molar-refractivity contribution in [3.05, 3.63) is 90.0 Å². The second-order valence-electron chi connectivity index (χ2n) is 8.91. The molecule has 170 valence electrons. The monoisotopic (exact) mass is 445 g/mol. The highest BCUT2D eigenvalue weighted by Gasteiger charge is 2.49. The van der Waals surface area contributed by atoms with Gasteiger partial charge in [-0.05, 0) is 60.3 Å². The van der Waals surface area contributed by atoms with Gasteiger partial charge < -0.3 is 10.0 Å². The lowest BCUT2D eigenvalue weighted by molar-refractivity contribution is -0.0606. The Morgan fingerprint density at radius 1 is 1.03 bits per heavy atom. The van der Waals surface area contributed by atoms with Crippen LogP contribution in [0.3, 0.4) is 0 Å². The summed E-state index contributed by atoms with van der Waals surface area (Å²) < 4.78 is 13.7. The summed E-state index contributed by atoms with van der Waals surface area (Å²) in [6, 6.07) is 18.5. The minimum Gasteiger partial charge on any atom is -0.395 e. The van der Waals surface area contributed by atoms with Gasteiger partial charge in [-0.25, -0.2) is 4.39 Å². The quantitative estimate of drug-likeness (QED) is 0.661. The Kier molecular flexibility index (Phi) is 6.20. The number of rotatable bonds is 4. The van der Waals surface area contributed by atoms with Crippen LogP contribution in [0.1, 0.15) is 34.7 Å². The number of hydrogen-bond donors (Lipinski definition) is 1. The van der Waals surface area contributed by atoms with Gasteiger partial charge in [0.15, 0.2) is 0 Å². The third-order valence-electron chi connectivity index (χ3n) is 7.02. The Balaban J connectivity index is 1.39. The Morgan fingerprint density at radius 3 is 2.58 bits per heavy atom. The average molecular weight is 446 g/mol. The smallest absolute Gasteiger partial charge is 0.254 e. The van der Waals surface area contributed by atoms with E-state index in [4.69, 9.17) is 0 Å². The van der Waals surface area contributed by atoms with Gasteiger partial charge >= 0.3 is 0 Å². The first-order valence-corrected chi connectivity index (χ1v) is 11.6. The number of aliphatic hydroxyl groups is 1. The van der Waals surface area contributed by atoms with Crippen molar-refractivity contribution in [1.29, 1.82) is 0 Å². The van der Waals surface area contributed by atoms with Crippen LogP contribution in [0.5, 0.6) is 0 Å². The number of benzene rings is 2. The molecule has 6 heteroatoms. The maximum atomic E-state index is 13.7. The summed E-state index contributed by atoms with van der Waals surface area (Å²) in [5, 5.41) is 10.2. The molecule has 1 amide bonds. The number of halogens is 1. The fourth-order valence-corrected chi connectivity index (χ4v) is 5.36. The van der Waals surface area contributed by atoms with Crippen LogP contribution in [0.25, 0.3) is 11.1 Å². The second kappa shape index (κ2) is 9.41. The van der Waals surface area contributed by atoms with Gasteiger partial charge in [-0.1, -0.05) is 36.4 Å². The molecule has 0 aliphatic carbocycles. The van der Waals surface area contributed by atoms with Crippen molar-refractivity contribution < 1.29 is 14.3 Å².